The molecule has 10 aliphatic heterocycles. The lowest BCUT2D eigenvalue weighted by Gasteiger charge is -2.24. The zero-order valence-electron chi connectivity index (χ0n) is 55.9. The summed E-state index contributed by atoms with van der Waals surface area (Å²) >= 11 is 2.00. The number of hydrogen-bond donors (Lipinski definition) is 10. The summed E-state index contributed by atoms with van der Waals surface area (Å²) in [6.07, 6.45) is 14.5. The van der Waals surface area contributed by atoms with Gasteiger partial charge in [-0.1, -0.05) is 12.8 Å². The quantitative estimate of drug-likeness (QED) is 0.0571. The number of sulfone groups is 4. The summed E-state index contributed by atoms with van der Waals surface area (Å²) in [5.41, 5.74) is 0. The van der Waals surface area contributed by atoms with E-state index in [2.05, 4.69) is 70.5 Å². The van der Waals surface area contributed by atoms with Crippen molar-refractivity contribution in [2.75, 3.05) is 158 Å². The largest absolute Gasteiger partial charge is 0.479 e. The van der Waals surface area contributed by atoms with Gasteiger partial charge in [-0.2, -0.15) is 70.5 Å². The van der Waals surface area contributed by atoms with Crippen LogP contribution in [0.15, 0.2) is 0 Å². The maximum atomic E-state index is 11.3. The highest BCUT2D eigenvalue weighted by Crippen LogP contribution is 2.21. The number of hydrogen-bond acceptors (Lipinski definition) is 14. The van der Waals surface area contributed by atoms with Gasteiger partial charge in [0.2, 0.25) is 0 Å². The Morgan fingerprint density at radius 3 is 1.27 bits per heavy atom. The summed E-state index contributed by atoms with van der Waals surface area (Å²) in [6.45, 7) is 9.21. The SMILES string of the molecule is [CH2-][NH2+]C1COC1.[CH2-][NH2+]C1CSC1.[CH2-][NH2+]CC1CCCCS1(=O)=O.[CH2-][NH2+]CC1CCCCS1=O.[CH2-][NH2+]CC1CCCS(=O)(=O)C1.[CH2-][NH2+]CC1CCCS(=O)C1.[CH2-][NH2+]CC1CCS(=O)(=O)CC1.[CH2-][NH2+]CC1CCS(=O)CC1.[CH2-][NH2+]CC1CS(=O)(=O)C1.[CH2-][NH2+]CC1CS(=O)C1. The van der Waals surface area contributed by atoms with E-state index < -0.39 is 82.5 Å². The summed E-state index contributed by atoms with van der Waals surface area (Å²) < 4.78 is 136. The minimum atomic E-state index is -2.76. The van der Waals surface area contributed by atoms with Gasteiger partial charge < -0.3 is 57.9 Å². The molecule has 0 spiro atoms. The van der Waals surface area contributed by atoms with E-state index in [1.807, 2.05) is 54.3 Å². The third kappa shape index (κ3) is 44.4. The summed E-state index contributed by atoms with van der Waals surface area (Å²) in [5.74, 6) is 15.1. The zero-order chi connectivity index (χ0) is 68.9. The van der Waals surface area contributed by atoms with Crippen molar-refractivity contribution in [3.63, 3.8) is 0 Å². The first-order valence-electron chi connectivity index (χ1n) is 33.3. The van der Waals surface area contributed by atoms with Crippen molar-refractivity contribution in [3.05, 3.63) is 70.5 Å². The van der Waals surface area contributed by atoms with Gasteiger partial charge >= 0.3 is 0 Å². The number of nitrogens with two attached hydrogens (primary N) is 10. The van der Waals surface area contributed by atoms with Gasteiger partial charge in [0.25, 0.3) is 0 Å². The second-order valence-corrected chi connectivity index (χ2v) is 42.2. The molecule has 6 atom stereocenters. The monoisotopic (exact) mass is 1490 g/mol. The second-order valence-electron chi connectivity index (χ2n) is 25.4. The van der Waals surface area contributed by atoms with Crippen LogP contribution in [0.1, 0.15) is 89.9 Å². The Morgan fingerprint density at radius 1 is 0.370 bits per heavy atom. The fraction of sp³-hybridized carbons (Fsp3) is 0.833. The van der Waals surface area contributed by atoms with E-state index in [-0.39, 0.29) is 5.25 Å². The molecule has 0 aromatic heterocycles. The Morgan fingerprint density at radius 2 is 0.848 bits per heavy atom. The van der Waals surface area contributed by atoms with Crippen molar-refractivity contribution >= 4 is 94.3 Å². The molecule has 0 aliphatic carbocycles. The molecule has 0 radical (unpaired) electrons. The minimum Gasteiger partial charge on any atom is -0.479 e. The van der Waals surface area contributed by atoms with Gasteiger partial charge in [-0.15, -0.1) is 11.8 Å². The topological polar surface area (TPSA) is 380 Å². The average Bonchev–Trinajstić information content (AvgIpc) is 1.16. The highest BCUT2D eigenvalue weighted by molar-refractivity contribution is 8.00. The van der Waals surface area contributed by atoms with Gasteiger partial charge in [0.15, 0.2) is 29.5 Å². The predicted molar refractivity (Wildman–Crippen MR) is 377 cm³/mol. The van der Waals surface area contributed by atoms with E-state index in [0.29, 0.717) is 87.7 Å². The highest BCUT2D eigenvalue weighted by atomic mass is 32.2. The van der Waals surface area contributed by atoms with Crippen LogP contribution in [0.25, 0.3) is 0 Å². The first-order valence-corrected chi connectivity index (χ1v) is 47.5. The number of thioether (sulfide) groups is 1. The maximum Gasteiger partial charge on any atom is 0.158 e. The van der Waals surface area contributed by atoms with Gasteiger partial charge in [0, 0.05) is 130 Å². The molecule has 10 saturated heterocycles. The molecule has 92 heavy (non-hydrogen) atoms. The van der Waals surface area contributed by atoms with Crippen molar-refractivity contribution in [1.82, 2.24) is 0 Å². The maximum absolute atomic E-state index is 11.3. The first-order chi connectivity index (χ1) is 43.8. The van der Waals surface area contributed by atoms with Crippen LogP contribution >= 0.6 is 11.8 Å². The fourth-order valence-corrected chi connectivity index (χ4v) is 24.5. The molecule has 10 fully saturated rings. The predicted octanol–water partition coefficient (Wildman–Crippen LogP) is -8.41. The second kappa shape index (κ2) is 53.2. The van der Waals surface area contributed by atoms with Crippen LogP contribution < -0.4 is 53.2 Å². The standard InChI is InChI=1S/3C7H15NO2S.3C7H15NOS.C5H11NO2S.C5H11NOS.C4H9NO.C4H9NS/c1-8-6-7-2-4-11(9,10)5-3-7;1-8-5-7-3-2-4-11(9,10)6-7;1-8-6-7-4-2-3-5-11(7,9)10;1-8-6-7-2-4-10(9)5-3-7;1-8-5-7-3-2-4-10(9)6-7;1-8-6-7-4-2-3-5-10(7)9;1-6-2-5-3-9(7,8)4-5;1-6-2-5-3-8(7)4-5;2*1-5-4-2-6-3-4/h3*7H,1-6,8H2;3*7H,1-6,8H2;5H,1-4,6H2;5H,1-4,6H2;2*4H,1-3,5H2. The molecule has 32 heteroatoms. The molecule has 10 aliphatic rings. The van der Waals surface area contributed by atoms with E-state index in [4.69, 9.17) is 4.74 Å². The molecular formula is C60H130N10O13S9. The third-order valence-corrected chi connectivity index (χ3v) is 32.7. The molecular weight excluding hydrogens is 1360 g/mol. The Labute approximate surface area is 574 Å². The van der Waals surface area contributed by atoms with Crippen LogP contribution in [0.4, 0.5) is 0 Å². The van der Waals surface area contributed by atoms with Crippen molar-refractivity contribution in [1.29, 1.82) is 0 Å². The van der Waals surface area contributed by atoms with Crippen LogP contribution in [0.2, 0.25) is 0 Å². The van der Waals surface area contributed by atoms with Crippen LogP contribution in [0, 0.1) is 106 Å². The molecule has 10 rings (SSSR count). The van der Waals surface area contributed by atoms with Crippen molar-refractivity contribution < 1.29 is 108 Å². The summed E-state index contributed by atoms with van der Waals surface area (Å²) in [5, 5.41) is 19.1. The summed E-state index contributed by atoms with van der Waals surface area (Å²) in [7, 11) is 23.5. The van der Waals surface area contributed by atoms with Gasteiger partial charge in [0.05, 0.1) is 117 Å². The molecule has 0 aromatic carbocycles. The van der Waals surface area contributed by atoms with E-state index in [9.17, 15) is 50.5 Å². The van der Waals surface area contributed by atoms with Crippen LogP contribution in [-0.2, 0) is 87.3 Å². The van der Waals surface area contributed by atoms with Gasteiger partial charge in [-0.05, 0) is 77.0 Å². The van der Waals surface area contributed by atoms with Gasteiger partial charge in [0.1, 0.15) is 21.1 Å². The van der Waals surface area contributed by atoms with Crippen molar-refractivity contribution in [3.8, 4) is 0 Å². The van der Waals surface area contributed by atoms with E-state index in [0.717, 1.165) is 188 Å². The number of quaternary nitrogens is 10. The lowest BCUT2D eigenvalue weighted by molar-refractivity contribution is -0.656. The smallest absolute Gasteiger partial charge is 0.158 e. The molecule has 23 nitrogen and oxygen atoms in total. The van der Waals surface area contributed by atoms with Gasteiger partial charge in [-0.3, -0.25) is 16.8 Å². The number of rotatable bonds is 18. The fourth-order valence-electron chi connectivity index (χ4n) is 11.1. The van der Waals surface area contributed by atoms with Crippen LogP contribution in [0.3, 0.4) is 0 Å². The zero-order valence-corrected chi connectivity index (χ0v) is 63.2. The molecule has 6 unspecified atom stereocenters. The molecule has 20 N–H and O–H groups in total. The minimum absolute atomic E-state index is 0.131. The van der Waals surface area contributed by atoms with E-state index >= 15 is 0 Å². The summed E-state index contributed by atoms with van der Waals surface area (Å²) in [4.78, 5) is 0. The molecule has 0 saturated carbocycles. The Hall–Kier alpha value is 0.310. The number of ether oxygens (including phenoxy) is 1. The van der Waals surface area contributed by atoms with E-state index in [1.54, 1.807) is 10.6 Å². The molecule has 0 amide bonds. The molecule has 552 valence electrons. The third-order valence-electron chi connectivity index (χ3n) is 17.0. The van der Waals surface area contributed by atoms with Crippen molar-refractivity contribution in [2.24, 2.45) is 35.5 Å². The molecule has 10 heterocycles. The molecule has 0 aromatic rings. The Balaban J connectivity index is 0.000000514. The summed E-state index contributed by atoms with van der Waals surface area (Å²) in [6, 6.07) is 1.50. The van der Waals surface area contributed by atoms with E-state index in [1.165, 1.54) is 24.3 Å². The highest BCUT2D eigenvalue weighted by Gasteiger charge is 2.34. The average molecular weight is 1490 g/mol. The van der Waals surface area contributed by atoms with Gasteiger partial charge in [-0.25, -0.2) is 33.7 Å². The normalized spacial score (nSPS) is 30.1. The van der Waals surface area contributed by atoms with Crippen molar-refractivity contribution in [2.45, 2.75) is 112 Å². The Kier molecular flexibility index (Phi) is 52.2. The lowest BCUT2D eigenvalue weighted by atomic mass is 10.0. The first kappa shape index (κ1) is 90.3. The lowest BCUT2D eigenvalue weighted by Crippen LogP contribution is -2.89. The van der Waals surface area contributed by atoms with Crippen LogP contribution in [0.5, 0.6) is 0 Å². The van der Waals surface area contributed by atoms with Crippen LogP contribution in [-0.4, -0.2) is 231 Å². The Bertz CT molecular complexity index is 2380. The molecule has 0 bridgehead atoms.